The quantitative estimate of drug-likeness (QED) is 0.0811. The molecule has 1 amide bonds. The van der Waals surface area contributed by atoms with E-state index in [1.807, 2.05) is 47.6 Å². The number of hydrogen-bond acceptors (Lipinski definition) is 8. The number of carbonyl (C=O) groups is 2. The van der Waals surface area contributed by atoms with Crippen LogP contribution in [0.3, 0.4) is 0 Å². The third-order valence-corrected chi connectivity index (χ3v) is 6.27. The molecule has 6 N–H and O–H groups in total. The first-order valence-corrected chi connectivity index (χ1v) is 13.3. The summed E-state index contributed by atoms with van der Waals surface area (Å²) in [6, 6.07) is 3.02. The highest BCUT2D eigenvalue weighted by Gasteiger charge is 2.31. The standard InChI is InChI=1S/C24H41N3O7S/c1-15(2)10-18(25)23(30)34-19-12-16(3)11-17(4)22(19)24(5,6)13-20(28)27-14-21(29)26-8-7-9-35(31,32)33/h11-12,15,18,20,27-28H,7-10,13-14,25H2,1-6H3,(H,26,29)(H,31,32,33)/t18-,20?/m0/s1. The molecule has 0 heterocycles. The van der Waals surface area contributed by atoms with Crippen molar-refractivity contribution in [1.29, 1.82) is 0 Å². The van der Waals surface area contributed by atoms with Crippen molar-refractivity contribution in [3.05, 3.63) is 28.8 Å². The van der Waals surface area contributed by atoms with Crippen molar-refractivity contribution in [1.82, 2.24) is 10.6 Å². The van der Waals surface area contributed by atoms with Crippen LogP contribution in [0.1, 0.15) is 63.6 Å². The number of esters is 1. The van der Waals surface area contributed by atoms with E-state index in [0.717, 1.165) is 16.7 Å². The number of aryl methyl sites for hydroxylation is 2. The predicted octanol–water partition coefficient (Wildman–Crippen LogP) is 1.55. The Bertz CT molecular complexity index is 978. The molecule has 1 unspecified atom stereocenters. The van der Waals surface area contributed by atoms with E-state index >= 15 is 0 Å². The molecule has 0 saturated heterocycles. The zero-order chi connectivity index (χ0) is 27.0. The molecule has 0 bridgehead atoms. The van der Waals surface area contributed by atoms with E-state index in [-0.39, 0.29) is 31.8 Å². The predicted molar refractivity (Wildman–Crippen MR) is 135 cm³/mol. The monoisotopic (exact) mass is 515 g/mol. The maximum Gasteiger partial charge on any atom is 0.328 e. The van der Waals surface area contributed by atoms with Crippen molar-refractivity contribution < 1.29 is 32.4 Å². The molecular formula is C24H41N3O7S. The Hall–Kier alpha value is -2.05. The van der Waals surface area contributed by atoms with Gasteiger partial charge in [0.1, 0.15) is 18.0 Å². The largest absolute Gasteiger partial charge is 0.425 e. The van der Waals surface area contributed by atoms with Crippen LogP contribution in [0.2, 0.25) is 0 Å². The number of nitrogens with two attached hydrogens (primary N) is 1. The Morgan fingerprint density at radius 3 is 2.40 bits per heavy atom. The number of aliphatic hydroxyl groups excluding tert-OH is 1. The lowest BCUT2D eigenvalue weighted by Gasteiger charge is -2.32. The van der Waals surface area contributed by atoms with Gasteiger partial charge in [-0.05, 0) is 61.6 Å². The third kappa shape index (κ3) is 11.5. The number of aliphatic hydroxyl groups is 1. The molecule has 0 aliphatic carbocycles. The lowest BCUT2D eigenvalue weighted by molar-refractivity contribution is -0.136. The van der Waals surface area contributed by atoms with E-state index < -0.39 is 45.4 Å². The van der Waals surface area contributed by atoms with E-state index in [9.17, 15) is 23.1 Å². The van der Waals surface area contributed by atoms with Gasteiger partial charge in [-0.1, -0.05) is 33.8 Å². The van der Waals surface area contributed by atoms with Gasteiger partial charge < -0.3 is 20.9 Å². The van der Waals surface area contributed by atoms with E-state index in [1.165, 1.54) is 0 Å². The molecule has 0 aliphatic heterocycles. The fourth-order valence-electron chi connectivity index (χ4n) is 4.08. The van der Waals surface area contributed by atoms with Crippen LogP contribution in [0.25, 0.3) is 0 Å². The van der Waals surface area contributed by atoms with Crippen molar-refractivity contribution in [2.45, 2.75) is 78.5 Å². The summed E-state index contributed by atoms with van der Waals surface area (Å²) in [7, 11) is -4.07. The summed E-state index contributed by atoms with van der Waals surface area (Å²) in [4.78, 5) is 24.6. The summed E-state index contributed by atoms with van der Waals surface area (Å²) in [6.07, 6.45) is -0.242. The first-order valence-electron chi connectivity index (χ1n) is 11.7. The average Bonchev–Trinajstić information content (AvgIpc) is 2.67. The van der Waals surface area contributed by atoms with Gasteiger partial charge in [0.05, 0.1) is 12.3 Å². The summed E-state index contributed by atoms with van der Waals surface area (Å²) in [5.74, 6) is -0.722. The van der Waals surface area contributed by atoms with Crippen LogP contribution >= 0.6 is 0 Å². The SMILES string of the molecule is Cc1cc(C)c(C(C)(C)CC(O)NCC(=O)NCCCS(=O)(=O)O)c(OC(=O)[C@@H](N)CC(C)C)c1. The number of hydrogen-bond donors (Lipinski definition) is 5. The fourth-order valence-corrected chi connectivity index (χ4v) is 4.59. The van der Waals surface area contributed by atoms with Crippen LogP contribution in [0.15, 0.2) is 12.1 Å². The van der Waals surface area contributed by atoms with E-state index in [1.54, 1.807) is 6.07 Å². The molecule has 0 aromatic heterocycles. The Morgan fingerprint density at radius 2 is 1.83 bits per heavy atom. The van der Waals surface area contributed by atoms with Crippen LogP contribution in [-0.2, 0) is 25.1 Å². The smallest absolute Gasteiger partial charge is 0.328 e. The Morgan fingerprint density at radius 1 is 1.20 bits per heavy atom. The molecule has 35 heavy (non-hydrogen) atoms. The molecule has 0 aliphatic rings. The first kappa shape index (κ1) is 31.0. The molecule has 11 heteroatoms. The Kier molecular flexibility index (Phi) is 11.8. The van der Waals surface area contributed by atoms with Crippen LogP contribution < -0.4 is 21.1 Å². The van der Waals surface area contributed by atoms with Gasteiger partial charge in [0.15, 0.2) is 0 Å². The molecule has 0 spiro atoms. The molecule has 0 saturated carbocycles. The second-order valence-electron chi connectivity index (χ2n) is 10.1. The van der Waals surface area contributed by atoms with Gasteiger partial charge in [-0.15, -0.1) is 0 Å². The van der Waals surface area contributed by atoms with Crippen molar-refractivity contribution in [2.75, 3.05) is 18.8 Å². The second-order valence-corrected chi connectivity index (χ2v) is 11.7. The first-order chi connectivity index (χ1) is 16.0. The van der Waals surface area contributed by atoms with Crippen molar-refractivity contribution in [3.8, 4) is 5.75 Å². The zero-order valence-electron chi connectivity index (χ0n) is 21.6. The Labute approximate surface area is 208 Å². The van der Waals surface area contributed by atoms with Crippen LogP contribution in [0.4, 0.5) is 0 Å². The summed E-state index contributed by atoms with van der Waals surface area (Å²) in [5, 5.41) is 15.8. The summed E-state index contributed by atoms with van der Waals surface area (Å²) < 4.78 is 35.8. The Balaban J connectivity index is 2.83. The van der Waals surface area contributed by atoms with Gasteiger partial charge in [0.2, 0.25) is 5.91 Å². The van der Waals surface area contributed by atoms with Crippen molar-refractivity contribution in [3.63, 3.8) is 0 Å². The normalized spacial score (nSPS) is 14.0. The zero-order valence-corrected chi connectivity index (χ0v) is 22.4. The van der Waals surface area contributed by atoms with Crippen LogP contribution in [0.5, 0.6) is 5.75 Å². The molecular weight excluding hydrogens is 474 g/mol. The molecule has 1 aromatic carbocycles. The van der Waals surface area contributed by atoms with E-state index in [0.29, 0.717) is 12.2 Å². The number of amides is 1. The van der Waals surface area contributed by atoms with E-state index in [4.69, 9.17) is 15.0 Å². The highest BCUT2D eigenvalue weighted by Crippen LogP contribution is 2.38. The average molecular weight is 516 g/mol. The lowest BCUT2D eigenvalue weighted by atomic mass is 9.77. The van der Waals surface area contributed by atoms with Gasteiger partial charge >= 0.3 is 5.97 Å². The number of benzene rings is 1. The minimum atomic E-state index is -4.07. The van der Waals surface area contributed by atoms with Gasteiger partial charge in [-0.25, -0.2) is 4.79 Å². The molecule has 0 fully saturated rings. The number of rotatable bonds is 14. The highest BCUT2D eigenvalue weighted by atomic mass is 32.2. The van der Waals surface area contributed by atoms with Gasteiger partial charge in [0, 0.05) is 12.1 Å². The van der Waals surface area contributed by atoms with E-state index in [2.05, 4.69) is 10.6 Å². The molecule has 10 nitrogen and oxygen atoms in total. The molecule has 1 aromatic rings. The third-order valence-electron chi connectivity index (χ3n) is 5.46. The maximum absolute atomic E-state index is 12.6. The van der Waals surface area contributed by atoms with Crippen molar-refractivity contribution >= 4 is 22.0 Å². The minimum Gasteiger partial charge on any atom is -0.425 e. The highest BCUT2D eigenvalue weighted by molar-refractivity contribution is 7.85. The summed E-state index contributed by atoms with van der Waals surface area (Å²) in [6.45, 7) is 11.5. The van der Waals surface area contributed by atoms with Gasteiger partial charge in [0.25, 0.3) is 10.1 Å². The number of carbonyl (C=O) groups excluding carboxylic acids is 2. The van der Waals surface area contributed by atoms with Gasteiger partial charge in [-0.2, -0.15) is 8.42 Å². The molecule has 2 atom stereocenters. The number of nitrogens with one attached hydrogen (secondary N) is 2. The maximum atomic E-state index is 12.6. The van der Waals surface area contributed by atoms with Crippen molar-refractivity contribution in [2.24, 2.45) is 11.7 Å². The minimum absolute atomic E-state index is 0.0786. The molecule has 1 rings (SSSR count). The summed E-state index contributed by atoms with van der Waals surface area (Å²) in [5.41, 5.74) is 7.97. The number of ether oxygens (including phenoxy) is 1. The molecule has 0 radical (unpaired) electrons. The lowest BCUT2D eigenvalue weighted by Crippen LogP contribution is -2.42. The van der Waals surface area contributed by atoms with Crippen LogP contribution in [0, 0.1) is 19.8 Å². The second kappa shape index (κ2) is 13.3. The van der Waals surface area contributed by atoms with Crippen LogP contribution in [-0.4, -0.2) is 61.1 Å². The topological polar surface area (TPSA) is 168 Å². The fraction of sp³-hybridized carbons (Fsp3) is 0.667. The van der Waals surface area contributed by atoms with Gasteiger partial charge in [-0.3, -0.25) is 14.7 Å². The molecule has 200 valence electrons. The summed E-state index contributed by atoms with van der Waals surface area (Å²) >= 11 is 0.